The number of carbonyl (C=O) groups is 2. The lowest BCUT2D eigenvalue weighted by atomic mass is 10.1. The Balaban J connectivity index is 1.48. The zero-order valence-corrected chi connectivity index (χ0v) is 14.9. The number of hydrogen-bond donors (Lipinski definition) is 1. The molecule has 1 aliphatic rings. The summed E-state index contributed by atoms with van der Waals surface area (Å²) < 4.78 is 5.20. The summed E-state index contributed by atoms with van der Waals surface area (Å²) in [5, 5.41) is 6.52. The number of benzene rings is 2. The highest BCUT2D eigenvalue weighted by Gasteiger charge is 2.29. The second-order valence-corrected chi connectivity index (χ2v) is 6.52. The van der Waals surface area contributed by atoms with Crippen molar-refractivity contribution in [1.82, 2.24) is 10.5 Å². The molecule has 2 aromatic carbocycles. The number of amides is 2. The topological polar surface area (TPSA) is 75.4 Å². The Labute approximate surface area is 156 Å². The lowest BCUT2D eigenvalue weighted by molar-refractivity contribution is -0.119. The molecule has 0 spiro atoms. The van der Waals surface area contributed by atoms with E-state index in [1.165, 1.54) is 0 Å². The first-order valence-electron chi connectivity index (χ1n) is 8.85. The van der Waals surface area contributed by atoms with Crippen LogP contribution in [0.1, 0.15) is 22.8 Å². The minimum absolute atomic E-state index is 0.120. The summed E-state index contributed by atoms with van der Waals surface area (Å²) in [5.74, 6) is 0.327. The van der Waals surface area contributed by atoms with Gasteiger partial charge in [0.05, 0.1) is 6.20 Å². The fraction of sp³-hybridized carbons (Fsp3) is 0.190. The Morgan fingerprint density at radius 2 is 1.96 bits per heavy atom. The fourth-order valence-corrected chi connectivity index (χ4v) is 3.31. The van der Waals surface area contributed by atoms with Crippen LogP contribution in [0.2, 0.25) is 0 Å². The van der Waals surface area contributed by atoms with Gasteiger partial charge in [0, 0.05) is 29.4 Å². The smallest absolute Gasteiger partial charge is 0.251 e. The van der Waals surface area contributed by atoms with Crippen molar-refractivity contribution in [3.8, 4) is 11.3 Å². The summed E-state index contributed by atoms with van der Waals surface area (Å²) in [4.78, 5) is 26.9. The van der Waals surface area contributed by atoms with E-state index in [0.717, 1.165) is 23.2 Å². The van der Waals surface area contributed by atoms with E-state index in [-0.39, 0.29) is 11.8 Å². The van der Waals surface area contributed by atoms with Gasteiger partial charge in [0.15, 0.2) is 5.76 Å². The van der Waals surface area contributed by atoms with Gasteiger partial charge in [-0.25, -0.2) is 0 Å². The largest absolute Gasteiger partial charge is 0.356 e. The van der Waals surface area contributed by atoms with Gasteiger partial charge in [-0.15, -0.1) is 0 Å². The van der Waals surface area contributed by atoms with E-state index < -0.39 is 6.04 Å². The van der Waals surface area contributed by atoms with Crippen molar-refractivity contribution in [2.75, 3.05) is 11.4 Å². The number of hydrogen-bond acceptors (Lipinski definition) is 4. The molecule has 1 atom stereocenters. The molecule has 0 radical (unpaired) electrons. The van der Waals surface area contributed by atoms with Gasteiger partial charge in [0.1, 0.15) is 6.04 Å². The third-order valence-electron chi connectivity index (χ3n) is 4.72. The molecule has 6 heteroatoms. The molecule has 0 aliphatic carbocycles. The van der Waals surface area contributed by atoms with E-state index in [9.17, 15) is 9.59 Å². The van der Waals surface area contributed by atoms with Gasteiger partial charge in [0.2, 0.25) is 5.91 Å². The van der Waals surface area contributed by atoms with Gasteiger partial charge >= 0.3 is 0 Å². The lowest BCUT2D eigenvalue weighted by Crippen LogP contribution is -2.46. The minimum Gasteiger partial charge on any atom is -0.356 e. The van der Waals surface area contributed by atoms with Crippen LogP contribution >= 0.6 is 0 Å². The summed E-state index contributed by atoms with van der Waals surface area (Å²) in [7, 11) is 0. The molecular weight excluding hydrogens is 342 g/mol. The van der Waals surface area contributed by atoms with Crippen LogP contribution in [0.5, 0.6) is 0 Å². The molecule has 0 unspecified atom stereocenters. The van der Waals surface area contributed by atoms with Gasteiger partial charge in [0.25, 0.3) is 5.91 Å². The van der Waals surface area contributed by atoms with Crippen LogP contribution < -0.4 is 10.2 Å². The maximum absolute atomic E-state index is 12.9. The van der Waals surface area contributed by atoms with Gasteiger partial charge in [-0.05, 0) is 49.2 Å². The Hall–Kier alpha value is -3.41. The first kappa shape index (κ1) is 17.0. The van der Waals surface area contributed by atoms with Crippen molar-refractivity contribution in [2.24, 2.45) is 0 Å². The van der Waals surface area contributed by atoms with Crippen molar-refractivity contribution < 1.29 is 14.1 Å². The van der Waals surface area contributed by atoms with Crippen molar-refractivity contribution >= 4 is 17.5 Å². The SMILES string of the molecule is C[C@@H](NC(=O)c1ccccc1)C(=O)N1CCc2cc(-c3ccno3)ccc21. The van der Waals surface area contributed by atoms with Crippen LogP contribution in [0.15, 0.2) is 65.3 Å². The first-order chi connectivity index (χ1) is 13.1. The summed E-state index contributed by atoms with van der Waals surface area (Å²) in [6, 6.07) is 15.9. The monoisotopic (exact) mass is 361 g/mol. The Morgan fingerprint density at radius 1 is 1.15 bits per heavy atom. The highest BCUT2D eigenvalue weighted by Crippen LogP contribution is 2.32. The highest BCUT2D eigenvalue weighted by atomic mass is 16.5. The molecule has 0 saturated heterocycles. The number of anilines is 1. The predicted molar refractivity (Wildman–Crippen MR) is 101 cm³/mol. The van der Waals surface area contributed by atoms with Gasteiger partial charge < -0.3 is 14.7 Å². The third kappa shape index (κ3) is 3.33. The number of nitrogens with zero attached hydrogens (tertiary/aromatic N) is 2. The molecular formula is C21H19N3O3. The molecule has 4 rings (SSSR count). The van der Waals surface area contributed by atoms with Crippen LogP contribution in [0.3, 0.4) is 0 Å². The molecule has 1 aliphatic heterocycles. The van der Waals surface area contributed by atoms with Crippen LogP contribution in [0.25, 0.3) is 11.3 Å². The van der Waals surface area contributed by atoms with Crippen LogP contribution in [0, 0.1) is 0 Å². The molecule has 2 amide bonds. The second kappa shape index (κ2) is 7.07. The summed E-state index contributed by atoms with van der Waals surface area (Å²) in [6.07, 6.45) is 2.37. The van der Waals surface area contributed by atoms with E-state index >= 15 is 0 Å². The molecule has 0 saturated carbocycles. The lowest BCUT2D eigenvalue weighted by Gasteiger charge is -2.22. The van der Waals surface area contributed by atoms with Crippen molar-refractivity contribution in [3.63, 3.8) is 0 Å². The van der Waals surface area contributed by atoms with E-state index in [0.29, 0.717) is 17.9 Å². The van der Waals surface area contributed by atoms with Crippen LogP contribution in [0.4, 0.5) is 5.69 Å². The Kier molecular flexibility index (Phi) is 4.46. The van der Waals surface area contributed by atoms with E-state index in [1.54, 1.807) is 48.4 Å². The molecule has 2 heterocycles. The normalized spacial score (nSPS) is 13.9. The van der Waals surface area contributed by atoms with Crippen molar-refractivity contribution in [2.45, 2.75) is 19.4 Å². The van der Waals surface area contributed by atoms with Crippen LogP contribution in [-0.4, -0.2) is 29.6 Å². The summed E-state index contributed by atoms with van der Waals surface area (Å²) in [6.45, 7) is 2.31. The maximum Gasteiger partial charge on any atom is 0.251 e. The average Bonchev–Trinajstić information content (AvgIpc) is 3.37. The number of nitrogens with one attached hydrogen (secondary N) is 1. The zero-order valence-electron chi connectivity index (χ0n) is 14.9. The van der Waals surface area contributed by atoms with Crippen molar-refractivity contribution in [3.05, 3.63) is 71.9 Å². The fourth-order valence-electron chi connectivity index (χ4n) is 3.31. The molecule has 0 fully saturated rings. The summed E-state index contributed by atoms with van der Waals surface area (Å²) in [5.41, 5.74) is 3.43. The number of fused-ring (bicyclic) bond motifs is 1. The van der Waals surface area contributed by atoms with E-state index in [2.05, 4.69) is 10.5 Å². The first-order valence-corrected chi connectivity index (χ1v) is 8.85. The summed E-state index contributed by atoms with van der Waals surface area (Å²) >= 11 is 0. The third-order valence-corrected chi connectivity index (χ3v) is 4.72. The second-order valence-electron chi connectivity index (χ2n) is 6.52. The average molecular weight is 361 g/mol. The van der Waals surface area contributed by atoms with Gasteiger partial charge in [-0.1, -0.05) is 23.4 Å². The maximum atomic E-state index is 12.9. The van der Waals surface area contributed by atoms with Gasteiger partial charge in [-0.3, -0.25) is 9.59 Å². The van der Waals surface area contributed by atoms with Crippen LogP contribution in [-0.2, 0) is 11.2 Å². The van der Waals surface area contributed by atoms with Gasteiger partial charge in [-0.2, -0.15) is 0 Å². The molecule has 1 N–H and O–H groups in total. The minimum atomic E-state index is -0.613. The zero-order chi connectivity index (χ0) is 18.8. The molecule has 0 bridgehead atoms. The number of carbonyl (C=O) groups excluding carboxylic acids is 2. The molecule has 1 aromatic heterocycles. The molecule has 27 heavy (non-hydrogen) atoms. The highest BCUT2D eigenvalue weighted by molar-refractivity contribution is 6.03. The Bertz CT molecular complexity index is 968. The van der Waals surface area contributed by atoms with E-state index in [4.69, 9.17) is 4.52 Å². The molecule has 3 aromatic rings. The number of rotatable bonds is 4. The van der Waals surface area contributed by atoms with E-state index in [1.807, 2.05) is 24.3 Å². The molecule has 136 valence electrons. The standard InChI is InChI=1S/C21H19N3O3/c1-14(23-20(25)15-5-3-2-4-6-15)21(26)24-12-10-16-13-17(7-8-18(16)24)19-9-11-22-27-19/h2-9,11,13-14H,10,12H2,1H3,(H,23,25)/t14-/m1/s1. The number of aromatic nitrogens is 1. The predicted octanol–water partition coefficient (Wildman–Crippen LogP) is 3.05. The quantitative estimate of drug-likeness (QED) is 0.775. The molecule has 6 nitrogen and oxygen atoms in total. The van der Waals surface area contributed by atoms with Crippen molar-refractivity contribution in [1.29, 1.82) is 0 Å². The Morgan fingerprint density at radius 3 is 2.70 bits per heavy atom.